The zero-order valence-corrected chi connectivity index (χ0v) is 25.1. The Bertz CT molecular complexity index is 1600. The Hall–Kier alpha value is -3.91. The van der Waals surface area contributed by atoms with Gasteiger partial charge in [0.05, 0.1) is 30.1 Å². The van der Waals surface area contributed by atoms with Gasteiger partial charge in [0.2, 0.25) is 5.91 Å². The summed E-state index contributed by atoms with van der Waals surface area (Å²) in [6.45, 7) is 6.63. The lowest BCUT2D eigenvalue weighted by molar-refractivity contribution is -0.123. The molecule has 4 aromatic rings. The number of hydrogen-bond donors (Lipinski definition) is 3. The highest BCUT2D eigenvalue weighted by atomic mass is 16.3. The van der Waals surface area contributed by atoms with E-state index in [-0.39, 0.29) is 24.6 Å². The molecular formula is C36H41N5O2. The van der Waals surface area contributed by atoms with E-state index in [0.29, 0.717) is 32.6 Å². The van der Waals surface area contributed by atoms with E-state index in [2.05, 4.69) is 65.8 Å². The summed E-state index contributed by atoms with van der Waals surface area (Å²) >= 11 is 0. The number of hydrogen-bond acceptors (Lipinski definition) is 6. The van der Waals surface area contributed by atoms with Crippen molar-refractivity contribution in [1.82, 2.24) is 25.5 Å². The van der Waals surface area contributed by atoms with Crippen LogP contribution in [-0.4, -0.2) is 31.9 Å². The van der Waals surface area contributed by atoms with Gasteiger partial charge in [0.1, 0.15) is 0 Å². The quantitative estimate of drug-likeness (QED) is 0.260. The molecule has 0 bridgehead atoms. The Kier molecular flexibility index (Phi) is 8.93. The maximum absolute atomic E-state index is 13.0. The van der Waals surface area contributed by atoms with E-state index in [1.165, 1.54) is 22.3 Å². The van der Waals surface area contributed by atoms with Crippen LogP contribution in [0.3, 0.4) is 0 Å². The van der Waals surface area contributed by atoms with Gasteiger partial charge < -0.3 is 15.7 Å². The average Bonchev–Trinajstić information content (AvgIpc) is 3.04. The van der Waals surface area contributed by atoms with Crippen molar-refractivity contribution in [2.75, 3.05) is 0 Å². The van der Waals surface area contributed by atoms with Crippen LogP contribution in [0.25, 0.3) is 0 Å². The number of nitrogens with zero attached hydrogens (tertiary/aromatic N) is 3. The van der Waals surface area contributed by atoms with Crippen LogP contribution in [0.1, 0.15) is 74.8 Å². The van der Waals surface area contributed by atoms with Crippen LogP contribution in [0.15, 0.2) is 73.1 Å². The fraction of sp³-hybridized carbons (Fsp3) is 0.361. The molecule has 1 amide bonds. The van der Waals surface area contributed by atoms with E-state index in [9.17, 15) is 9.90 Å². The summed E-state index contributed by atoms with van der Waals surface area (Å²) in [7, 11) is 0. The van der Waals surface area contributed by atoms with Crippen LogP contribution in [0.4, 0.5) is 0 Å². The molecule has 0 fully saturated rings. The van der Waals surface area contributed by atoms with Gasteiger partial charge in [-0.2, -0.15) is 0 Å². The summed E-state index contributed by atoms with van der Waals surface area (Å²) in [5.41, 5.74) is 11.3. The molecule has 7 nitrogen and oxygen atoms in total. The van der Waals surface area contributed by atoms with Crippen molar-refractivity contribution < 1.29 is 9.90 Å². The number of fused-ring (bicyclic) bond motifs is 2. The first kappa shape index (κ1) is 29.2. The number of aliphatic hydroxyl groups is 1. The van der Waals surface area contributed by atoms with Crippen molar-refractivity contribution in [2.24, 2.45) is 0 Å². The minimum atomic E-state index is -0.245. The minimum absolute atomic E-state index is 0.000246. The normalized spacial score (nSPS) is 17.8. The smallest absolute Gasteiger partial charge is 0.237 e. The van der Waals surface area contributed by atoms with Crippen molar-refractivity contribution in [3.05, 3.63) is 129 Å². The molecule has 222 valence electrons. The summed E-state index contributed by atoms with van der Waals surface area (Å²) < 4.78 is 0. The maximum Gasteiger partial charge on any atom is 0.237 e. The molecule has 0 saturated heterocycles. The Balaban J connectivity index is 1.19. The van der Waals surface area contributed by atoms with Crippen molar-refractivity contribution in [1.29, 1.82) is 0 Å². The van der Waals surface area contributed by atoms with Crippen LogP contribution in [-0.2, 0) is 50.4 Å². The number of aryl methyl sites for hydroxylation is 3. The maximum atomic E-state index is 13.0. The first-order chi connectivity index (χ1) is 21.0. The number of rotatable bonds is 9. The summed E-state index contributed by atoms with van der Waals surface area (Å²) in [6, 6.07) is 20.8. The number of aliphatic hydroxyl groups excluding tert-OH is 1. The zero-order valence-electron chi connectivity index (χ0n) is 25.1. The van der Waals surface area contributed by atoms with Gasteiger partial charge in [0.25, 0.3) is 0 Å². The molecule has 7 heteroatoms. The Labute approximate surface area is 254 Å². The molecule has 0 spiro atoms. The number of nitrogens with one attached hydrogen (secondary N) is 2. The molecule has 2 atom stereocenters. The fourth-order valence-corrected chi connectivity index (χ4v) is 6.58. The van der Waals surface area contributed by atoms with Crippen molar-refractivity contribution >= 4 is 5.91 Å². The highest BCUT2D eigenvalue weighted by Crippen LogP contribution is 2.35. The third kappa shape index (κ3) is 6.69. The molecular weight excluding hydrogens is 534 g/mol. The molecule has 2 aliphatic rings. The number of carbonyl (C=O) groups is 1. The van der Waals surface area contributed by atoms with Crippen LogP contribution < -0.4 is 10.6 Å². The Morgan fingerprint density at radius 2 is 1.84 bits per heavy atom. The van der Waals surface area contributed by atoms with Gasteiger partial charge in [-0.15, -0.1) is 0 Å². The number of pyridine rings is 2. The fourth-order valence-electron chi connectivity index (χ4n) is 6.58. The van der Waals surface area contributed by atoms with Gasteiger partial charge in [-0.1, -0.05) is 54.6 Å². The number of amides is 1. The van der Waals surface area contributed by atoms with Crippen LogP contribution in [0.2, 0.25) is 0 Å². The average molecular weight is 576 g/mol. The monoisotopic (exact) mass is 575 g/mol. The first-order valence-corrected chi connectivity index (χ1v) is 15.4. The van der Waals surface area contributed by atoms with E-state index in [0.717, 1.165) is 52.9 Å². The Morgan fingerprint density at radius 1 is 1.00 bits per heavy atom. The van der Waals surface area contributed by atoms with Gasteiger partial charge in [-0.25, -0.2) is 0 Å². The molecule has 0 radical (unpaired) electrons. The number of benzene rings is 2. The highest BCUT2D eigenvalue weighted by Gasteiger charge is 2.29. The predicted octanol–water partition coefficient (Wildman–Crippen LogP) is 5.00. The van der Waals surface area contributed by atoms with Crippen molar-refractivity contribution in [3.63, 3.8) is 0 Å². The largest absolute Gasteiger partial charge is 0.392 e. The standard InChI is InChI=1S/C36H41N5O2/c1-24-15-25(2)33(38-18-24)22-41(34-11-5-9-27-10-6-14-37-35(27)34)21-30-13-12-26(16-31(30)23-42)19-40-36(43)32-17-28-7-3-4-8-29(28)20-39-32/h3-4,6-8,10,12-16,18,32,34,39,42H,5,9,11,17,19-23H2,1-2H3,(H,40,43)/t32?,34-/m0/s1. The summed E-state index contributed by atoms with van der Waals surface area (Å²) in [5, 5.41) is 16.9. The molecule has 1 aliphatic carbocycles. The van der Waals surface area contributed by atoms with Gasteiger partial charge >= 0.3 is 0 Å². The molecule has 6 rings (SSSR count). The number of aromatic nitrogens is 2. The van der Waals surface area contributed by atoms with E-state index < -0.39 is 0 Å². The number of carbonyl (C=O) groups excluding carboxylic acids is 1. The van der Waals surface area contributed by atoms with Crippen LogP contribution >= 0.6 is 0 Å². The van der Waals surface area contributed by atoms with Crippen molar-refractivity contribution in [2.45, 2.75) is 84.4 Å². The summed E-state index contributed by atoms with van der Waals surface area (Å²) in [6.07, 6.45) is 7.74. The van der Waals surface area contributed by atoms with Gasteiger partial charge in [0.15, 0.2) is 0 Å². The van der Waals surface area contributed by atoms with E-state index >= 15 is 0 Å². The second-order valence-corrected chi connectivity index (χ2v) is 12.0. The Morgan fingerprint density at radius 3 is 2.67 bits per heavy atom. The SMILES string of the molecule is Cc1cnc(CN(Cc2ccc(CNC(=O)C3Cc4ccccc4CN3)cc2CO)[C@H]2CCCc3cccnc32)c(C)c1. The van der Waals surface area contributed by atoms with Crippen LogP contribution in [0.5, 0.6) is 0 Å². The highest BCUT2D eigenvalue weighted by molar-refractivity contribution is 5.82. The van der Waals surface area contributed by atoms with Crippen LogP contribution in [0, 0.1) is 13.8 Å². The molecule has 2 aromatic carbocycles. The lowest BCUT2D eigenvalue weighted by Crippen LogP contribution is -2.47. The van der Waals surface area contributed by atoms with Crippen molar-refractivity contribution in [3.8, 4) is 0 Å². The minimum Gasteiger partial charge on any atom is -0.392 e. The molecule has 2 aromatic heterocycles. The van der Waals surface area contributed by atoms with Gasteiger partial charge in [-0.05, 0) is 90.1 Å². The molecule has 1 aliphatic heterocycles. The van der Waals surface area contributed by atoms with E-state index in [1.807, 2.05) is 36.7 Å². The molecule has 3 N–H and O–H groups in total. The second kappa shape index (κ2) is 13.2. The van der Waals surface area contributed by atoms with Gasteiger partial charge in [0, 0.05) is 38.6 Å². The zero-order chi connectivity index (χ0) is 29.8. The lowest BCUT2D eigenvalue weighted by Gasteiger charge is -2.35. The third-order valence-electron chi connectivity index (χ3n) is 8.96. The van der Waals surface area contributed by atoms with E-state index in [4.69, 9.17) is 9.97 Å². The van der Waals surface area contributed by atoms with E-state index in [1.54, 1.807) is 0 Å². The van der Waals surface area contributed by atoms with Gasteiger partial charge in [-0.3, -0.25) is 19.7 Å². The first-order valence-electron chi connectivity index (χ1n) is 15.4. The second-order valence-electron chi connectivity index (χ2n) is 12.0. The summed E-state index contributed by atoms with van der Waals surface area (Å²) in [5.74, 6) is -0.000246. The third-order valence-corrected chi connectivity index (χ3v) is 8.96. The predicted molar refractivity (Wildman–Crippen MR) is 168 cm³/mol. The molecule has 1 unspecified atom stereocenters. The topological polar surface area (TPSA) is 90.4 Å². The molecule has 0 saturated carbocycles. The molecule has 3 heterocycles. The lowest BCUT2D eigenvalue weighted by atomic mass is 9.90. The molecule has 43 heavy (non-hydrogen) atoms. The summed E-state index contributed by atoms with van der Waals surface area (Å²) in [4.78, 5) is 25.1.